The van der Waals surface area contributed by atoms with Gasteiger partial charge in [-0.05, 0) is 17.4 Å². The average Bonchev–Trinajstić information content (AvgIpc) is 2.87. The van der Waals surface area contributed by atoms with Crippen LogP contribution in [0.1, 0.15) is 0 Å². The van der Waals surface area contributed by atoms with Gasteiger partial charge in [0.15, 0.2) is 0 Å². The van der Waals surface area contributed by atoms with Crippen molar-refractivity contribution in [1.82, 2.24) is 4.98 Å². The highest BCUT2D eigenvalue weighted by molar-refractivity contribution is 7.27. The maximum absolute atomic E-state index is 3.38. The standard InChI is InChI=1S/C12H9N.C6H7P.H2O/c1-3-7-11-9(5-1)10-6-2-4-8-12(10)13-11;7-6-4-2-1-3-5-6;/h1-8,13H;1-5H,7H2;1H2. The number of hydrogen-bond donors (Lipinski definition) is 1. The number of aromatic nitrogens is 1. The molecule has 0 fully saturated rings. The first-order valence-corrected chi connectivity index (χ1v) is 7.18. The Hall–Kier alpha value is -2.15. The predicted octanol–water partition coefficient (Wildman–Crippen LogP) is 3.68. The summed E-state index contributed by atoms with van der Waals surface area (Å²) in [6, 6.07) is 26.9. The summed E-state index contributed by atoms with van der Waals surface area (Å²) in [6.07, 6.45) is 0. The SMILES string of the molecule is O.Pc1ccccc1.c1ccc2c(c1)[nH]c1ccccc12. The van der Waals surface area contributed by atoms with Crippen LogP contribution in [0.3, 0.4) is 0 Å². The first kappa shape index (κ1) is 15.2. The molecule has 3 N–H and O–H groups in total. The second-order valence-electron chi connectivity index (χ2n) is 4.63. The number of H-pyrrole nitrogens is 1. The van der Waals surface area contributed by atoms with E-state index in [1.165, 1.54) is 27.1 Å². The van der Waals surface area contributed by atoms with E-state index in [0.717, 1.165) is 0 Å². The third-order valence-corrected chi connectivity index (χ3v) is 3.60. The van der Waals surface area contributed by atoms with E-state index in [4.69, 9.17) is 0 Å². The van der Waals surface area contributed by atoms with Gasteiger partial charge in [0.05, 0.1) is 0 Å². The van der Waals surface area contributed by atoms with E-state index in [2.05, 4.69) is 62.8 Å². The van der Waals surface area contributed by atoms with Crippen LogP contribution in [0, 0.1) is 0 Å². The lowest BCUT2D eigenvalue weighted by atomic mass is 10.2. The molecule has 4 aromatic rings. The summed E-state index contributed by atoms with van der Waals surface area (Å²) in [6.45, 7) is 0. The first-order chi connectivity index (χ1) is 9.84. The molecular formula is C18H18NOP. The molecule has 1 heterocycles. The topological polar surface area (TPSA) is 47.3 Å². The van der Waals surface area contributed by atoms with Crippen molar-refractivity contribution in [2.45, 2.75) is 0 Å². The van der Waals surface area contributed by atoms with Crippen LogP contribution in [-0.4, -0.2) is 10.5 Å². The summed E-state index contributed by atoms with van der Waals surface area (Å²) in [4.78, 5) is 3.38. The van der Waals surface area contributed by atoms with Gasteiger partial charge in [-0.2, -0.15) is 0 Å². The lowest BCUT2D eigenvalue weighted by Gasteiger charge is -1.87. The third kappa shape index (κ3) is 3.49. The van der Waals surface area contributed by atoms with Gasteiger partial charge in [0.25, 0.3) is 0 Å². The van der Waals surface area contributed by atoms with Crippen LogP contribution in [0.25, 0.3) is 21.8 Å². The molecule has 0 aliphatic carbocycles. The van der Waals surface area contributed by atoms with Gasteiger partial charge in [0, 0.05) is 21.8 Å². The molecule has 1 atom stereocenters. The zero-order valence-corrected chi connectivity index (χ0v) is 12.7. The monoisotopic (exact) mass is 295 g/mol. The average molecular weight is 295 g/mol. The van der Waals surface area contributed by atoms with Crippen molar-refractivity contribution in [3.8, 4) is 0 Å². The molecule has 0 aliphatic rings. The Bertz CT molecular complexity index is 774. The second-order valence-corrected chi connectivity index (χ2v) is 5.29. The Labute approximate surface area is 126 Å². The molecule has 21 heavy (non-hydrogen) atoms. The summed E-state index contributed by atoms with van der Waals surface area (Å²) >= 11 is 0. The van der Waals surface area contributed by atoms with E-state index in [-0.39, 0.29) is 5.48 Å². The van der Waals surface area contributed by atoms with Crippen molar-refractivity contribution in [2.75, 3.05) is 0 Å². The molecule has 0 saturated heterocycles. The number of hydrogen-bond acceptors (Lipinski definition) is 0. The van der Waals surface area contributed by atoms with Gasteiger partial charge in [0.2, 0.25) is 0 Å². The van der Waals surface area contributed by atoms with Crippen LogP contribution in [0.4, 0.5) is 0 Å². The van der Waals surface area contributed by atoms with Crippen molar-refractivity contribution in [1.29, 1.82) is 0 Å². The van der Waals surface area contributed by atoms with Crippen LogP contribution < -0.4 is 5.30 Å². The Balaban J connectivity index is 0.000000174. The molecule has 3 aromatic carbocycles. The van der Waals surface area contributed by atoms with Crippen LogP contribution in [0.5, 0.6) is 0 Å². The van der Waals surface area contributed by atoms with Crippen LogP contribution >= 0.6 is 9.24 Å². The molecule has 0 spiro atoms. The number of benzene rings is 3. The number of fused-ring (bicyclic) bond motifs is 3. The highest BCUT2D eigenvalue weighted by Crippen LogP contribution is 2.24. The van der Waals surface area contributed by atoms with E-state index in [9.17, 15) is 0 Å². The van der Waals surface area contributed by atoms with Crippen molar-refractivity contribution < 1.29 is 5.48 Å². The van der Waals surface area contributed by atoms with Gasteiger partial charge >= 0.3 is 0 Å². The summed E-state index contributed by atoms with van der Waals surface area (Å²) in [7, 11) is 2.63. The largest absolute Gasteiger partial charge is 0.412 e. The normalized spacial score (nSPS) is 9.76. The molecule has 4 rings (SSSR count). The van der Waals surface area contributed by atoms with Crippen LogP contribution in [-0.2, 0) is 0 Å². The molecule has 0 aliphatic heterocycles. The molecule has 1 unspecified atom stereocenters. The highest BCUT2D eigenvalue weighted by atomic mass is 31.0. The summed E-state index contributed by atoms with van der Waals surface area (Å²) < 4.78 is 0. The van der Waals surface area contributed by atoms with E-state index in [1.807, 2.05) is 30.3 Å². The minimum absolute atomic E-state index is 0. The maximum Gasteiger partial charge on any atom is 0.0464 e. The Morgan fingerprint density at radius 2 is 1.00 bits per heavy atom. The van der Waals surface area contributed by atoms with Gasteiger partial charge < -0.3 is 10.5 Å². The van der Waals surface area contributed by atoms with Gasteiger partial charge in [0.1, 0.15) is 0 Å². The Kier molecular flexibility index (Phi) is 5.10. The first-order valence-electron chi connectivity index (χ1n) is 6.60. The molecule has 2 nitrogen and oxygen atoms in total. The molecule has 106 valence electrons. The fraction of sp³-hybridized carbons (Fsp3) is 0. The Morgan fingerprint density at radius 1 is 0.571 bits per heavy atom. The van der Waals surface area contributed by atoms with E-state index >= 15 is 0 Å². The van der Waals surface area contributed by atoms with E-state index in [0.29, 0.717) is 0 Å². The number of aromatic amines is 1. The molecule has 3 heteroatoms. The number of para-hydroxylation sites is 2. The van der Waals surface area contributed by atoms with Crippen molar-refractivity contribution in [3.05, 3.63) is 78.9 Å². The summed E-state index contributed by atoms with van der Waals surface area (Å²) in [5.41, 5.74) is 2.42. The molecule has 0 saturated carbocycles. The van der Waals surface area contributed by atoms with Crippen molar-refractivity contribution in [2.24, 2.45) is 0 Å². The fourth-order valence-corrected chi connectivity index (χ4v) is 2.47. The molecule has 0 amide bonds. The summed E-state index contributed by atoms with van der Waals surface area (Å²) in [5, 5.41) is 3.85. The van der Waals surface area contributed by atoms with E-state index < -0.39 is 0 Å². The third-order valence-electron chi connectivity index (χ3n) is 3.21. The summed E-state index contributed by atoms with van der Waals surface area (Å²) in [5.74, 6) is 0. The molecule has 0 radical (unpaired) electrons. The van der Waals surface area contributed by atoms with Crippen molar-refractivity contribution >= 4 is 36.4 Å². The molecular weight excluding hydrogens is 277 g/mol. The van der Waals surface area contributed by atoms with Crippen LogP contribution in [0.2, 0.25) is 0 Å². The minimum atomic E-state index is 0. The second kappa shape index (κ2) is 7.03. The van der Waals surface area contributed by atoms with Gasteiger partial charge in [-0.1, -0.05) is 66.7 Å². The molecule has 0 bridgehead atoms. The predicted molar refractivity (Wildman–Crippen MR) is 95.2 cm³/mol. The van der Waals surface area contributed by atoms with Gasteiger partial charge in [-0.15, -0.1) is 9.24 Å². The number of rotatable bonds is 0. The van der Waals surface area contributed by atoms with E-state index in [1.54, 1.807) is 0 Å². The van der Waals surface area contributed by atoms with Crippen molar-refractivity contribution in [3.63, 3.8) is 0 Å². The zero-order chi connectivity index (χ0) is 13.8. The fourth-order valence-electron chi connectivity index (χ4n) is 2.25. The Morgan fingerprint density at radius 3 is 1.43 bits per heavy atom. The van der Waals surface area contributed by atoms with Gasteiger partial charge in [-0.3, -0.25) is 0 Å². The lowest BCUT2D eigenvalue weighted by molar-refractivity contribution is 0.824. The quantitative estimate of drug-likeness (QED) is 0.481. The smallest absolute Gasteiger partial charge is 0.0464 e. The van der Waals surface area contributed by atoms with Gasteiger partial charge in [-0.25, -0.2) is 0 Å². The lowest BCUT2D eigenvalue weighted by Crippen LogP contribution is -1.82. The maximum atomic E-state index is 3.38. The zero-order valence-electron chi connectivity index (χ0n) is 11.6. The molecule has 1 aromatic heterocycles. The highest BCUT2D eigenvalue weighted by Gasteiger charge is 2.00. The minimum Gasteiger partial charge on any atom is -0.412 e. The van der Waals surface area contributed by atoms with Crippen LogP contribution in [0.15, 0.2) is 78.9 Å². The number of nitrogens with one attached hydrogen (secondary N) is 1.